The number of sulfone groups is 1. The van der Waals surface area contributed by atoms with Gasteiger partial charge in [0.2, 0.25) is 0 Å². The van der Waals surface area contributed by atoms with E-state index in [1.165, 1.54) is 7.05 Å². The highest BCUT2D eigenvalue weighted by Gasteiger charge is 2.50. The molecule has 0 aromatic carbocycles. The topological polar surface area (TPSA) is 108 Å². The fourth-order valence-electron chi connectivity index (χ4n) is 2.32. The van der Waals surface area contributed by atoms with Crippen LogP contribution in [0, 0.1) is 5.92 Å². The summed E-state index contributed by atoms with van der Waals surface area (Å²) in [7, 11) is -6.85. The molecule has 0 aliphatic carbocycles. The molecule has 0 atom stereocenters. The van der Waals surface area contributed by atoms with Crippen LogP contribution in [-0.2, 0) is 19.9 Å². The number of hydrogen-bond donors (Lipinski definition) is 2. The van der Waals surface area contributed by atoms with Crippen molar-refractivity contribution in [1.29, 1.82) is 0 Å². The van der Waals surface area contributed by atoms with Gasteiger partial charge in [0.25, 0.3) is 0 Å². The van der Waals surface area contributed by atoms with Crippen LogP contribution in [0.25, 0.3) is 0 Å². The van der Waals surface area contributed by atoms with Gasteiger partial charge >= 0.3 is 15.5 Å². The molecule has 2 N–H and O–H groups in total. The number of nitrogens with one attached hydrogen (secondary N) is 2. The van der Waals surface area contributed by atoms with Crippen LogP contribution in [0.5, 0.6) is 0 Å². The molecule has 1 aliphatic rings. The Balaban J connectivity index is 2.41. The third-order valence-corrected chi connectivity index (χ3v) is 6.33. The van der Waals surface area contributed by atoms with Gasteiger partial charge in [0, 0.05) is 39.5 Å². The molecule has 1 rings (SSSR count). The molecule has 1 heterocycles. The van der Waals surface area contributed by atoms with Gasteiger partial charge in [-0.25, -0.2) is 16.8 Å². The molecule has 25 heavy (non-hydrogen) atoms. The summed E-state index contributed by atoms with van der Waals surface area (Å²) in [6.07, 6.45) is 1.71. The van der Waals surface area contributed by atoms with Gasteiger partial charge in [0.05, 0.1) is 5.75 Å². The van der Waals surface area contributed by atoms with Gasteiger partial charge in [0.1, 0.15) is 9.84 Å². The van der Waals surface area contributed by atoms with Crippen molar-refractivity contribution in [2.75, 3.05) is 45.2 Å². The van der Waals surface area contributed by atoms with Crippen LogP contribution in [0.3, 0.4) is 0 Å². The first-order valence-electron chi connectivity index (χ1n) is 7.55. The molecular weight excluding hydrogens is 385 g/mol. The van der Waals surface area contributed by atoms with E-state index in [-0.39, 0.29) is 31.3 Å². The van der Waals surface area contributed by atoms with Gasteiger partial charge in [-0.3, -0.25) is 4.99 Å². The van der Waals surface area contributed by atoms with Crippen molar-refractivity contribution < 1.29 is 30.0 Å². The summed E-state index contributed by atoms with van der Waals surface area (Å²) < 4.78 is 82.8. The number of piperidine rings is 1. The predicted molar refractivity (Wildman–Crippen MR) is 88.3 cm³/mol. The molecular formula is C12H23F3N4O4S2. The lowest BCUT2D eigenvalue weighted by molar-refractivity contribution is -0.0496. The molecule has 1 fully saturated rings. The minimum Gasteiger partial charge on any atom is -0.356 e. The van der Waals surface area contributed by atoms with Crippen molar-refractivity contribution in [1.82, 2.24) is 14.9 Å². The second-order valence-corrected chi connectivity index (χ2v) is 9.99. The quantitative estimate of drug-likeness (QED) is 0.464. The normalized spacial score (nSPS) is 19.0. The average molecular weight is 408 g/mol. The van der Waals surface area contributed by atoms with Crippen LogP contribution in [-0.4, -0.2) is 77.8 Å². The molecule has 0 bridgehead atoms. The van der Waals surface area contributed by atoms with Gasteiger partial charge in [-0.2, -0.15) is 17.5 Å². The maximum absolute atomic E-state index is 12.5. The molecule has 0 saturated carbocycles. The Morgan fingerprint density at radius 1 is 1.16 bits per heavy atom. The summed E-state index contributed by atoms with van der Waals surface area (Å²) in [6.45, 7) is 0.210. The van der Waals surface area contributed by atoms with Crippen LogP contribution < -0.4 is 10.6 Å². The Bertz CT molecular complexity index is 669. The summed E-state index contributed by atoms with van der Waals surface area (Å²) in [6, 6.07) is 0. The minimum atomic E-state index is -5.27. The monoisotopic (exact) mass is 408 g/mol. The van der Waals surface area contributed by atoms with Crippen molar-refractivity contribution in [2.24, 2.45) is 10.9 Å². The average Bonchev–Trinajstić information content (AvgIpc) is 2.48. The van der Waals surface area contributed by atoms with E-state index in [1.807, 2.05) is 0 Å². The van der Waals surface area contributed by atoms with Gasteiger partial charge in [0.15, 0.2) is 5.96 Å². The third kappa shape index (κ3) is 6.98. The van der Waals surface area contributed by atoms with Crippen LogP contribution in [0.15, 0.2) is 4.99 Å². The zero-order chi connectivity index (χ0) is 19.3. The standard InChI is InChI=1S/C12H23F3N4O4S2/c1-16-11(17-5-8-24(2,20)21)18-9-10-3-6-19(7-4-10)25(22,23)12(13,14)15/h10H,3-9H2,1-2H3,(H2,16,17,18). The fourth-order valence-corrected chi connectivity index (χ4v) is 3.77. The van der Waals surface area contributed by atoms with E-state index >= 15 is 0 Å². The van der Waals surface area contributed by atoms with Crippen molar-refractivity contribution in [3.05, 3.63) is 0 Å². The molecule has 0 aromatic heterocycles. The van der Waals surface area contributed by atoms with E-state index in [0.29, 0.717) is 29.7 Å². The zero-order valence-corrected chi connectivity index (χ0v) is 15.6. The van der Waals surface area contributed by atoms with E-state index < -0.39 is 25.4 Å². The molecule has 1 saturated heterocycles. The predicted octanol–water partition coefficient (Wildman–Crippen LogP) is -0.242. The lowest BCUT2D eigenvalue weighted by Gasteiger charge is -2.31. The first kappa shape index (κ1) is 22.0. The van der Waals surface area contributed by atoms with Gasteiger partial charge in [-0.05, 0) is 18.8 Å². The van der Waals surface area contributed by atoms with Gasteiger partial charge in [-0.1, -0.05) is 0 Å². The molecule has 0 unspecified atom stereocenters. The molecule has 148 valence electrons. The number of nitrogens with zero attached hydrogens (tertiary/aromatic N) is 2. The summed E-state index contributed by atoms with van der Waals surface area (Å²) in [5.74, 6) is 0.323. The lowest BCUT2D eigenvalue weighted by Crippen LogP contribution is -2.47. The molecule has 0 spiro atoms. The summed E-state index contributed by atoms with van der Waals surface area (Å²) in [5, 5.41) is 5.79. The largest absolute Gasteiger partial charge is 0.511 e. The number of alkyl halides is 3. The maximum Gasteiger partial charge on any atom is 0.511 e. The Labute approximate surface area is 145 Å². The molecule has 0 aromatic rings. The number of guanidine groups is 1. The number of sulfonamides is 1. The van der Waals surface area contributed by atoms with E-state index in [2.05, 4.69) is 15.6 Å². The van der Waals surface area contributed by atoms with Crippen LogP contribution >= 0.6 is 0 Å². The van der Waals surface area contributed by atoms with Gasteiger partial charge < -0.3 is 10.6 Å². The van der Waals surface area contributed by atoms with E-state index in [4.69, 9.17) is 0 Å². The summed E-state index contributed by atoms with van der Waals surface area (Å²) >= 11 is 0. The molecule has 0 radical (unpaired) electrons. The van der Waals surface area contributed by atoms with Crippen LogP contribution in [0.4, 0.5) is 13.2 Å². The second kappa shape index (κ2) is 8.54. The second-order valence-electron chi connectivity index (χ2n) is 5.80. The lowest BCUT2D eigenvalue weighted by atomic mass is 9.98. The molecule has 0 amide bonds. The van der Waals surface area contributed by atoms with Crippen LogP contribution in [0.1, 0.15) is 12.8 Å². The maximum atomic E-state index is 12.5. The van der Waals surface area contributed by atoms with E-state index in [1.54, 1.807) is 0 Å². The summed E-state index contributed by atoms with van der Waals surface area (Å²) in [4.78, 5) is 3.92. The fraction of sp³-hybridized carbons (Fsp3) is 0.917. The molecule has 13 heteroatoms. The minimum absolute atomic E-state index is 0.00635. The SMILES string of the molecule is CN=C(NCCS(C)(=O)=O)NCC1CCN(S(=O)(=O)C(F)(F)F)CC1. The van der Waals surface area contributed by atoms with Crippen LogP contribution in [0.2, 0.25) is 0 Å². The molecule has 8 nitrogen and oxygen atoms in total. The van der Waals surface area contributed by atoms with Crippen molar-refractivity contribution >= 4 is 25.8 Å². The Morgan fingerprint density at radius 3 is 2.16 bits per heavy atom. The number of rotatable bonds is 6. The van der Waals surface area contributed by atoms with Crippen molar-refractivity contribution in [3.63, 3.8) is 0 Å². The Morgan fingerprint density at radius 2 is 1.72 bits per heavy atom. The highest BCUT2D eigenvalue weighted by molar-refractivity contribution is 7.90. The first-order chi connectivity index (χ1) is 11.4. The Hall–Kier alpha value is -1.08. The van der Waals surface area contributed by atoms with Crippen molar-refractivity contribution in [2.45, 2.75) is 18.3 Å². The Kier molecular flexibility index (Phi) is 7.50. The number of aliphatic imine (C=N–C) groups is 1. The first-order valence-corrected chi connectivity index (χ1v) is 11.1. The third-order valence-electron chi connectivity index (χ3n) is 3.75. The highest BCUT2D eigenvalue weighted by atomic mass is 32.2. The van der Waals surface area contributed by atoms with E-state index in [0.717, 1.165) is 6.26 Å². The van der Waals surface area contributed by atoms with E-state index in [9.17, 15) is 30.0 Å². The number of halogens is 3. The smallest absolute Gasteiger partial charge is 0.356 e. The van der Waals surface area contributed by atoms with Gasteiger partial charge in [-0.15, -0.1) is 0 Å². The highest BCUT2D eigenvalue weighted by Crippen LogP contribution is 2.30. The summed E-state index contributed by atoms with van der Waals surface area (Å²) in [5.41, 5.74) is -5.27. The number of hydrogen-bond acceptors (Lipinski definition) is 5. The zero-order valence-electron chi connectivity index (χ0n) is 14.0. The molecule has 1 aliphatic heterocycles. The van der Waals surface area contributed by atoms with Crippen molar-refractivity contribution in [3.8, 4) is 0 Å².